The number of rotatable bonds is 4. The summed E-state index contributed by atoms with van der Waals surface area (Å²) < 4.78 is 24.9. The Labute approximate surface area is 136 Å². The highest BCUT2D eigenvalue weighted by Gasteiger charge is 2.08. The van der Waals surface area contributed by atoms with Gasteiger partial charge >= 0.3 is 0 Å². The molecule has 2 aromatic carbocycles. The van der Waals surface area contributed by atoms with Crippen LogP contribution in [-0.2, 0) is 16.6 Å². The van der Waals surface area contributed by atoms with Gasteiger partial charge in [-0.05, 0) is 41.3 Å². The summed E-state index contributed by atoms with van der Waals surface area (Å²) in [6.45, 7) is 2.36. The van der Waals surface area contributed by atoms with Gasteiger partial charge in [0.1, 0.15) is 0 Å². The summed E-state index contributed by atoms with van der Waals surface area (Å²) in [6.07, 6.45) is 2.94. The zero-order chi connectivity index (χ0) is 16.4. The molecular weight excluding hydrogens is 308 g/mol. The molecule has 0 aliphatic carbocycles. The number of aromatic nitrogens is 1. The van der Waals surface area contributed by atoms with Crippen LogP contribution in [0, 0.1) is 6.92 Å². The molecule has 0 aliphatic rings. The van der Waals surface area contributed by atoms with Crippen LogP contribution in [0.3, 0.4) is 0 Å². The summed E-state index contributed by atoms with van der Waals surface area (Å²) >= 11 is 0. The maximum absolute atomic E-state index is 11.2. The standard InChI is InChI=1S/C18H18N2O2S/c1-13-5-3-4-6-15(13)16-9-10-19-18-11-14(7-8-17(16)18)12-20-23(2,21)22/h3-11,20H,12H2,1-2H3. The van der Waals surface area contributed by atoms with Gasteiger partial charge in [-0.1, -0.05) is 36.4 Å². The van der Waals surface area contributed by atoms with E-state index < -0.39 is 10.0 Å². The van der Waals surface area contributed by atoms with Crippen LogP contribution >= 0.6 is 0 Å². The molecule has 0 saturated carbocycles. The Morgan fingerprint density at radius 2 is 1.83 bits per heavy atom. The van der Waals surface area contributed by atoms with E-state index in [1.165, 1.54) is 11.1 Å². The zero-order valence-electron chi connectivity index (χ0n) is 13.1. The molecule has 0 atom stereocenters. The summed E-state index contributed by atoms with van der Waals surface area (Å²) in [5.74, 6) is 0. The summed E-state index contributed by atoms with van der Waals surface area (Å²) in [5.41, 5.74) is 5.27. The van der Waals surface area contributed by atoms with Crippen molar-refractivity contribution in [3.63, 3.8) is 0 Å². The van der Waals surface area contributed by atoms with Crippen LogP contribution in [0.25, 0.3) is 22.0 Å². The highest BCUT2D eigenvalue weighted by atomic mass is 32.2. The van der Waals surface area contributed by atoms with E-state index in [-0.39, 0.29) is 6.54 Å². The minimum absolute atomic E-state index is 0.269. The SMILES string of the molecule is Cc1ccccc1-c1ccnc2cc(CNS(C)(=O)=O)ccc12. The molecule has 4 nitrogen and oxygen atoms in total. The number of benzene rings is 2. The predicted octanol–water partition coefficient (Wildman–Crippen LogP) is 3.26. The molecule has 1 heterocycles. The maximum atomic E-state index is 11.2. The van der Waals surface area contributed by atoms with Crippen LogP contribution in [0.5, 0.6) is 0 Å². The Bertz CT molecular complexity index is 966. The third kappa shape index (κ3) is 3.57. The minimum Gasteiger partial charge on any atom is -0.256 e. The average Bonchev–Trinajstić information content (AvgIpc) is 2.52. The first-order valence-electron chi connectivity index (χ1n) is 7.32. The van der Waals surface area contributed by atoms with E-state index in [4.69, 9.17) is 0 Å². The number of hydrogen-bond acceptors (Lipinski definition) is 3. The first-order chi connectivity index (χ1) is 10.9. The van der Waals surface area contributed by atoms with Crippen LogP contribution in [-0.4, -0.2) is 19.7 Å². The van der Waals surface area contributed by atoms with Crippen molar-refractivity contribution in [1.82, 2.24) is 9.71 Å². The molecule has 0 spiro atoms. The zero-order valence-corrected chi connectivity index (χ0v) is 13.9. The van der Waals surface area contributed by atoms with Gasteiger partial charge in [0.15, 0.2) is 0 Å². The second kappa shape index (κ2) is 6.10. The van der Waals surface area contributed by atoms with Crippen molar-refractivity contribution in [2.45, 2.75) is 13.5 Å². The molecule has 23 heavy (non-hydrogen) atoms. The fourth-order valence-electron chi connectivity index (χ4n) is 2.63. The number of hydrogen-bond donors (Lipinski definition) is 1. The first-order valence-corrected chi connectivity index (χ1v) is 9.21. The number of nitrogens with one attached hydrogen (secondary N) is 1. The van der Waals surface area contributed by atoms with Crippen LogP contribution in [0.15, 0.2) is 54.7 Å². The van der Waals surface area contributed by atoms with Crippen molar-refractivity contribution in [2.75, 3.05) is 6.26 Å². The van der Waals surface area contributed by atoms with E-state index in [0.29, 0.717) is 0 Å². The van der Waals surface area contributed by atoms with E-state index in [9.17, 15) is 8.42 Å². The van der Waals surface area contributed by atoms with Gasteiger partial charge in [-0.2, -0.15) is 0 Å². The Balaban J connectivity index is 2.05. The monoisotopic (exact) mass is 326 g/mol. The van der Waals surface area contributed by atoms with Gasteiger partial charge in [0, 0.05) is 18.1 Å². The van der Waals surface area contributed by atoms with Crippen molar-refractivity contribution >= 4 is 20.9 Å². The molecule has 5 heteroatoms. The molecule has 118 valence electrons. The van der Waals surface area contributed by atoms with E-state index in [2.05, 4.69) is 28.8 Å². The lowest BCUT2D eigenvalue weighted by molar-refractivity contribution is 0.587. The molecule has 0 unspecified atom stereocenters. The number of fused-ring (bicyclic) bond motifs is 1. The number of sulfonamides is 1. The van der Waals surface area contributed by atoms with Crippen LogP contribution in [0.2, 0.25) is 0 Å². The molecule has 0 bridgehead atoms. The summed E-state index contributed by atoms with van der Waals surface area (Å²) in [4.78, 5) is 4.42. The third-order valence-corrected chi connectivity index (χ3v) is 4.45. The molecule has 0 amide bonds. The molecular formula is C18H18N2O2S. The Hall–Kier alpha value is -2.24. The first kappa shape index (κ1) is 15.6. The molecule has 0 saturated heterocycles. The van der Waals surface area contributed by atoms with Crippen molar-refractivity contribution in [2.24, 2.45) is 0 Å². The van der Waals surface area contributed by atoms with Crippen LogP contribution < -0.4 is 4.72 Å². The van der Waals surface area contributed by atoms with Gasteiger partial charge in [0.2, 0.25) is 10.0 Å². The smallest absolute Gasteiger partial charge is 0.209 e. The molecule has 1 aromatic heterocycles. The fraction of sp³-hybridized carbons (Fsp3) is 0.167. The van der Waals surface area contributed by atoms with Gasteiger partial charge in [-0.15, -0.1) is 0 Å². The summed E-state index contributed by atoms with van der Waals surface area (Å²) in [7, 11) is -3.20. The Morgan fingerprint density at radius 1 is 1.04 bits per heavy atom. The van der Waals surface area contributed by atoms with Crippen molar-refractivity contribution in [3.8, 4) is 11.1 Å². The van der Waals surface area contributed by atoms with E-state index in [0.717, 1.165) is 28.3 Å². The molecule has 3 rings (SSSR count). The number of aryl methyl sites for hydroxylation is 1. The highest BCUT2D eigenvalue weighted by molar-refractivity contribution is 7.88. The van der Waals surface area contributed by atoms with Gasteiger partial charge in [-0.3, -0.25) is 4.98 Å². The van der Waals surface area contributed by atoms with Crippen LogP contribution in [0.1, 0.15) is 11.1 Å². The second-order valence-electron chi connectivity index (χ2n) is 5.62. The van der Waals surface area contributed by atoms with Crippen LogP contribution in [0.4, 0.5) is 0 Å². The Kier molecular flexibility index (Phi) is 4.15. The van der Waals surface area contributed by atoms with E-state index in [1.807, 2.05) is 36.4 Å². The van der Waals surface area contributed by atoms with Gasteiger partial charge in [0.05, 0.1) is 11.8 Å². The normalized spacial score (nSPS) is 11.7. The topological polar surface area (TPSA) is 59.1 Å². The number of nitrogens with zero attached hydrogens (tertiary/aromatic N) is 1. The predicted molar refractivity (Wildman–Crippen MR) is 93.6 cm³/mol. The van der Waals surface area contributed by atoms with E-state index >= 15 is 0 Å². The lowest BCUT2D eigenvalue weighted by Crippen LogP contribution is -2.21. The molecule has 0 radical (unpaired) electrons. The third-order valence-electron chi connectivity index (χ3n) is 3.78. The minimum atomic E-state index is -3.20. The molecule has 1 N–H and O–H groups in total. The number of pyridine rings is 1. The Morgan fingerprint density at radius 3 is 2.57 bits per heavy atom. The molecule has 0 aliphatic heterocycles. The summed E-state index contributed by atoms with van der Waals surface area (Å²) in [5, 5.41) is 1.06. The van der Waals surface area contributed by atoms with Gasteiger partial charge < -0.3 is 0 Å². The largest absolute Gasteiger partial charge is 0.256 e. The highest BCUT2D eigenvalue weighted by Crippen LogP contribution is 2.30. The van der Waals surface area contributed by atoms with Gasteiger partial charge in [0.25, 0.3) is 0 Å². The second-order valence-corrected chi connectivity index (χ2v) is 7.45. The fourth-order valence-corrected chi connectivity index (χ4v) is 3.06. The summed E-state index contributed by atoms with van der Waals surface area (Å²) in [6, 6.07) is 16.1. The quantitative estimate of drug-likeness (QED) is 0.800. The van der Waals surface area contributed by atoms with Crippen molar-refractivity contribution in [3.05, 3.63) is 65.9 Å². The van der Waals surface area contributed by atoms with Crippen molar-refractivity contribution in [1.29, 1.82) is 0 Å². The molecule has 3 aromatic rings. The average molecular weight is 326 g/mol. The van der Waals surface area contributed by atoms with Crippen molar-refractivity contribution < 1.29 is 8.42 Å². The maximum Gasteiger partial charge on any atom is 0.209 e. The lowest BCUT2D eigenvalue weighted by Gasteiger charge is -2.10. The van der Waals surface area contributed by atoms with Gasteiger partial charge in [-0.25, -0.2) is 13.1 Å². The lowest BCUT2D eigenvalue weighted by atomic mass is 9.97. The van der Waals surface area contributed by atoms with E-state index in [1.54, 1.807) is 6.20 Å². The molecule has 0 fully saturated rings.